The molecule has 2 rings (SSSR count). The maximum Gasteiger partial charge on any atom is 0.150 e. The van der Waals surface area contributed by atoms with Crippen molar-refractivity contribution in [3.05, 3.63) is 0 Å². The van der Waals surface area contributed by atoms with Gasteiger partial charge in [-0.1, -0.05) is 26.2 Å². The Morgan fingerprint density at radius 2 is 1.86 bits per heavy atom. The molecule has 0 radical (unpaired) electrons. The molecule has 21 heavy (non-hydrogen) atoms. The van der Waals surface area contributed by atoms with E-state index in [1.165, 1.54) is 38.4 Å². The zero-order valence-corrected chi connectivity index (χ0v) is 15.1. The average Bonchev–Trinajstić information content (AvgIpc) is 2.96. The normalized spacial score (nSPS) is 29.6. The van der Waals surface area contributed by atoms with Crippen molar-refractivity contribution in [1.82, 2.24) is 5.32 Å². The van der Waals surface area contributed by atoms with Gasteiger partial charge in [-0.3, -0.25) is 0 Å². The Morgan fingerprint density at radius 3 is 2.48 bits per heavy atom. The third-order valence-electron chi connectivity index (χ3n) is 5.12. The van der Waals surface area contributed by atoms with Crippen LogP contribution in [0.2, 0.25) is 0 Å². The van der Waals surface area contributed by atoms with Gasteiger partial charge < -0.3 is 5.32 Å². The summed E-state index contributed by atoms with van der Waals surface area (Å²) in [5.41, 5.74) is 0. The molecule has 3 unspecified atom stereocenters. The number of nitrogens with one attached hydrogen (secondary N) is 1. The summed E-state index contributed by atoms with van der Waals surface area (Å²) in [6.07, 6.45) is 10.9. The van der Waals surface area contributed by atoms with Gasteiger partial charge in [-0.05, 0) is 44.6 Å². The zero-order chi connectivity index (χ0) is 15.3. The van der Waals surface area contributed by atoms with Crippen molar-refractivity contribution < 1.29 is 8.42 Å². The summed E-state index contributed by atoms with van der Waals surface area (Å²) in [5.74, 6) is 1.69. The molecular formula is C16H31NO2S2. The van der Waals surface area contributed by atoms with E-state index >= 15 is 0 Å². The molecule has 0 aromatic carbocycles. The van der Waals surface area contributed by atoms with Gasteiger partial charge in [0.05, 0.1) is 5.25 Å². The number of rotatable bonds is 7. The molecule has 0 aromatic rings. The fourth-order valence-corrected chi connectivity index (χ4v) is 6.58. The Bertz CT molecular complexity index is 405. The number of sulfone groups is 1. The Balaban J connectivity index is 1.89. The standard InChI is InChI=1S/C16H31NO2S2/c1-3-17-16(12-20-14-8-4-5-9-14)13-7-6-10-15(11-13)21(2,18)19/h13-17H,3-12H2,1-2H3. The van der Waals surface area contributed by atoms with Crippen LogP contribution in [0.1, 0.15) is 58.3 Å². The monoisotopic (exact) mass is 333 g/mol. The molecule has 0 bridgehead atoms. The van der Waals surface area contributed by atoms with Crippen LogP contribution in [-0.2, 0) is 9.84 Å². The second kappa shape index (κ2) is 8.21. The number of hydrogen-bond acceptors (Lipinski definition) is 4. The Hall–Kier alpha value is 0.260. The maximum atomic E-state index is 11.9. The van der Waals surface area contributed by atoms with Gasteiger partial charge in [0, 0.05) is 23.3 Å². The lowest BCUT2D eigenvalue weighted by Gasteiger charge is -2.34. The van der Waals surface area contributed by atoms with Crippen molar-refractivity contribution in [1.29, 1.82) is 0 Å². The first-order valence-corrected chi connectivity index (χ1v) is 11.5. The second-order valence-corrected chi connectivity index (χ2v) is 10.4. The summed E-state index contributed by atoms with van der Waals surface area (Å²) in [4.78, 5) is 0. The van der Waals surface area contributed by atoms with Gasteiger partial charge in [0.15, 0.2) is 0 Å². The van der Waals surface area contributed by atoms with Crippen molar-refractivity contribution in [2.24, 2.45) is 5.92 Å². The molecule has 0 aromatic heterocycles. The third kappa shape index (κ3) is 5.43. The van der Waals surface area contributed by atoms with Gasteiger partial charge in [0.2, 0.25) is 0 Å². The van der Waals surface area contributed by atoms with Gasteiger partial charge in [-0.2, -0.15) is 11.8 Å². The van der Waals surface area contributed by atoms with Crippen LogP contribution >= 0.6 is 11.8 Å². The molecule has 0 aliphatic heterocycles. The molecule has 0 spiro atoms. The smallest absolute Gasteiger partial charge is 0.150 e. The van der Waals surface area contributed by atoms with Crippen LogP contribution in [0.15, 0.2) is 0 Å². The van der Waals surface area contributed by atoms with E-state index in [-0.39, 0.29) is 5.25 Å². The van der Waals surface area contributed by atoms with Gasteiger partial charge in [0.1, 0.15) is 9.84 Å². The van der Waals surface area contributed by atoms with E-state index in [4.69, 9.17) is 0 Å². The van der Waals surface area contributed by atoms with Crippen molar-refractivity contribution >= 4 is 21.6 Å². The molecule has 3 nitrogen and oxygen atoms in total. The summed E-state index contributed by atoms with van der Waals surface area (Å²) in [5, 5.41) is 4.38. The van der Waals surface area contributed by atoms with Gasteiger partial charge in [0.25, 0.3) is 0 Å². The highest BCUT2D eigenvalue weighted by molar-refractivity contribution is 7.99. The van der Waals surface area contributed by atoms with Crippen molar-refractivity contribution in [2.45, 2.75) is 74.8 Å². The molecule has 2 aliphatic carbocycles. The summed E-state index contributed by atoms with van der Waals surface area (Å²) in [6, 6.07) is 0.491. The van der Waals surface area contributed by atoms with E-state index in [1.807, 2.05) is 0 Å². The van der Waals surface area contributed by atoms with Gasteiger partial charge in [-0.15, -0.1) is 0 Å². The molecule has 3 atom stereocenters. The summed E-state index contributed by atoms with van der Waals surface area (Å²) in [6.45, 7) is 3.14. The first kappa shape index (κ1) is 17.6. The van der Waals surface area contributed by atoms with Crippen LogP contribution in [0, 0.1) is 5.92 Å². The van der Waals surface area contributed by atoms with Crippen molar-refractivity contribution in [3.63, 3.8) is 0 Å². The highest BCUT2D eigenvalue weighted by atomic mass is 32.2. The first-order chi connectivity index (χ1) is 10.0. The second-order valence-electron chi connectivity index (χ2n) is 6.78. The van der Waals surface area contributed by atoms with Crippen LogP contribution < -0.4 is 5.32 Å². The van der Waals surface area contributed by atoms with Crippen molar-refractivity contribution in [3.8, 4) is 0 Å². The number of thioether (sulfide) groups is 1. The molecule has 2 aliphatic rings. The van der Waals surface area contributed by atoms with Crippen molar-refractivity contribution in [2.75, 3.05) is 18.6 Å². The maximum absolute atomic E-state index is 11.9. The Labute approximate surface area is 135 Å². The van der Waals surface area contributed by atoms with Gasteiger partial charge in [-0.25, -0.2) is 8.42 Å². The summed E-state index contributed by atoms with van der Waals surface area (Å²) >= 11 is 2.12. The van der Waals surface area contributed by atoms with Crippen LogP contribution in [-0.4, -0.2) is 43.5 Å². The van der Waals surface area contributed by atoms with E-state index in [0.717, 1.165) is 36.8 Å². The predicted octanol–water partition coefficient (Wildman–Crippen LogP) is 3.24. The third-order valence-corrected chi connectivity index (χ3v) is 8.25. The quantitative estimate of drug-likeness (QED) is 0.777. The van der Waals surface area contributed by atoms with Gasteiger partial charge >= 0.3 is 0 Å². The van der Waals surface area contributed by atoms with Crippen LogP contribution in [0.5, 0.6) is 0 Å². The Kier molecular flexibility index (Phi) is 6.88. The topological polar surface area (TPSA) is 46.2 Å². The number of hydrogen-bond donors (Lipinski definition) is 1. The van der Waals surface area contributed by atoms with Crippen LogP contribution in [0.25, 0.3) is 0 Å². The van der Waals surface area contributed by atoms with E-state index < -0.39 is 9.84 Å². The molecule has 5 heteroatoms. The summed E-state index contributed by atoms with van der Waals surface area (Å²) in [7, 11) is -2.87. The summed E-state index contributed by atoms with van der Waals surface area (Å²) < 4.78 is 23.7. The minimum Gasteiger partial charge on any atom is -0.313 e. The lowest BCUT2D eigenvalue weighted by Crippen LogP contribution is -2.42. The molecule has 2 saturated carbocycles. The first-order valence-electron chi connectivity index (χ1n) is 8.54. The predicted molar refractivity (Wildman–Crippen MR) is 92.8 cm³/mol. The van der Waals surface area contributed by atoms with E-state index in [0.29, 0.717) is 12.0 Å². The molecule has 124 valence electrons. The van der Waals surface area contributed by atoms with E-state index in [1.54, 1.807) is 0 Å². The largest absolute Gasteiger partial charge is 0.313 e. The fraction of sp³-hybridized carbons (Fsp3) is 1.00. The van der Waals surface area contributed by atoms with E-state index in [9.17, 15) is 8.42 Å². The minimum atomic E-state index is -2.87. The zero-order valence-electron chi connectivity index (χ0n) is 13.5. The Morgan fingerprint density at radius 1 is 1.14 bits per heavy atom. The highest BCUT2D eigenvalue weighted by Gasteiger charge is 2.33. The molecule has 2 fully saturated rings. The fourth-order valence-electron chi connectivity index (χ4n) is 3.85. The van der Waals surface area contributed by atoms with Crippen LogP contribution in [0.3, 0.4) is 0 Å². The van der Waals surface area contributed by atoms with E-state index in [2.05, 4.69) is 24.0 Å². The minimum absolute atomic E-state index is 0.103. The lowest BCUT2D eigenvalue weighted by molar-refractivity contribution is 0.288. The highest BCUT2D eigenvalue weighted by Crippen LogP contribution is 2.34. The molecular weight excluding hydrogens is 302 g/mol. The molecule has 0 amide bonds. The van der Waals surface area contributed by atoms with Crippen LogP contribution in [0.4, 0.5) is 0 Å². The lowest BCUT2D eigenvalue weighted by atomic mass is 9.84. The average molecular weight is 334 g/mol. The molecule has 0 heterocycles. The SMILES string of the molecule is CCNC(CSC1CCCC1)C1CCCC(S(C)(=O)=O)C1. The molecule has 0 saturated heterocycles. The molecule has 1 N–H and O–H groups in total.